The number of rotatable bonds is 7. The van der Waals surface area contributed by atoms with Crippen LogP contribution in [0, 0.1) is 12.7 Å². The van der Waals surface area contributed by atoms with E-state index in [1.165, 1.54) is 6.07 Å². The number of aromatic nitrogens is 1. The maximum atomic E-state index is 13.5. The van der Waals surface area contributed by atoms with Crippen molar-refractivity contribution in [1.29, 1.82) is 0 Å². The average Bonchev–Trinajstić information content (AvgIpc) is 2.96. The molecule has 0 bridgehead atoms. The number of halogens is 1. The van der Waals surface area contributed by atoms with Crippen LogP contribution in [0.5, 0.6) is 0 Å². The molecular formula is C20H24FN3O. The minimum Gasteiger partial charge on any atom is -0.335 e. The maximum absolute atomic E-state index is 13.5. The molecule has 1 fully saturated rings. The number of aryl methyl sites for hydroxylation is 1. The molecule has 1 N–H and O–H groups in total. The lowest BCUT2D eigenvalue weighted by molar-refractivity contribution is -0.129. The van der Waals surface area contributed by atoms with Crippen LogP contribution in [-0.4, -0.2) is 28.4 Å². The van der Waals surface area contributed by atoms with Crippen molar-refractivity contribution in [1.82, 2.24) is 15.2 Å². The predicted molar refractivity (Wildman–Crippen MR) is 95.3 cm³/mol. The zero-order valence-electron chi connectivity index (χ0n) is 14.5. The Morgan fingerprint density at radius 2 is 2.24 bits per heavy atom. The second-order valence-electron chi connectivity index (χ2n) is 6.61. The molecule has 2 heterocycles. The molecule has 3 rings (SSSR count). The summed E-state index contributed by atoms with van der Waals surface area (Å²) in [4.78, 5) is 18.3. The molecule has 132 valence electrons. The van der Waals surface area contributed by atoms with E-state index in [1.54, 1.807) is 18.3 Å². The largest absolute Gasteiger partial charge is 0.335 e. The summed E-state index contributed by atoms with van der Waals surface area (Å²) in [6.45, 7) is 4.07. The lowest BCUT2D eigenvalue weighted by Gasteiger charge is -2.26. The van der Waals surface area contributed by atoms with Crippen molar-refractivity contribution >= 4 is 5.91 Å². The highest BCUT2D eigenvalue weighted by molar-refractivity contribution is 5.78. The van der Waals surface area contributed by atoms with E-state index in [0.717, 1.165) is 42.6 Å². The lowest BCUT2D eigenvalue weighted by atomic mass is 10.1. The molecule has 1 aliphatic heterocycles. The smallest absolute Gasteiger partial charge is 0.223 e. The van der Waals surface area contributed by atoms with Crippen molar-refractivity contribution < 1.29 is 9.18 Å². The third-order valence-corrected chi connectivity index (χ3v) is 4.81. The van der Waals surface area contributed by atoms with E-state index in [4.69, 9.17) is 0 Å². The minimum absolute atomic E-state index is 0.168. The Hall–Kier alpha value is -2.27. The van der Waals surface area contributed by atoms with E-state index in [2.05, 4.69) is 10.3 Å². The van der Waals surface area contributed by atoms with Gasteiger partial charge in [-0.3, -0.25) is 9.78 Å². The third-order valence-electron chi connectivity index (χ3n) is 4.81. The molecule has 0 saturated carbocycles. The van der Waals surface area contributed by atoms with Gasteiger partial charge in [-0.1, -0.05) is 12.1 Å². The van der Waals surface area contributed by atoms with Gasteiger partial charge in [0.2, 0.25) is 5.91 Å². The Kier molecular flexibility index (Phi) is 5.76. The first-order chi connectivity index (χ1) is 12.1. The minimum atomic E-state index is -0.248. The quantitative estimate of drug-likeness (QED) is 0.787. The molecule has 1 saturated heterocycles. The van der Waals surface area contributed by atoms with Crippen LogP contribution in [0.3, 0.4) is 0 Å². The number of amides is 1. The summed E-state index contributed by atoms with van der Waals surface area (Å²) in [5.74, 6) is -0.0807. The van der Waals surface area contributed by atoms with Crippen molar-refractivity contribution in [3.05, 3.63) is 65.2 Å². The van der Waals surface area contributed by atoms with Gasteiger partial charge in [0.15, 0.2) is 0 Å². The van der Waals surface area contributed by atoms with E-state index in [-0.39, 0.29) is 17.8 Å². The fourth-order valence-electron chi connectivity index (χ4n) is 3.31. The normalized spacial score (nSPS) is 17.3. The highest BCUT2D eigenvalue weighted by Gasteiger charge is 2.30. The van der Waals surface area contributed by atoms with Crippen molar-refractivity contribution in [2.45, 2.75) is 45.3 Å². The number of hydrogen-bond acceptors (Lipinski definition) is 3. The summed E-state index contributed by atoms with van der Waals surface area (Å²) >= 11 is 0. The predicted octanol–water partition coefficient (Wildman–Crippen LogP) is 3.20. The highest BCUT2D eigenvalue weighted by Crippen LogP contribution is 2.25. The van der Waals surface area contributed by atoms with Crippen LogP contribution in [0.2, 0.25) is 0 Å². The molecule has 1 aromatic carbocycles. The molecule has 2 aromatic rings. The number of nitrogens with zero attached hydrogens (tertiary/aromatic N) is 2. The van der Waals surface area contributed by atoms with Crippen LogP contribution in [0.25, 0.3) is 0 Å². The molecule has 1 aliphatic rings. The molecule has 0 radical (unpaired) electrons. The Balaban J connectivity index is 1.53. The summed E-state index contributed by atoms with van der Waals surface area (Å²) in [5, 5.41) is 3.41. The Bertz CT molecular complexity index is 720. The van der Waals surface area contributed by atoms with E-state index >= 15 is 0 Å². The van der Waals surface area contributed by atoms with Crippen LogP contribution in [0.1, 0.15) is 36.0 Å². The van der Waals surface area contributed by atoms with Gasteiger partial charge in [-0.25, -0.2) is 4.39 Å². The number of likely N-dealkylation sites (tertiary alicyclic amines) is 1. The topological polar surface area (TPSA) is 45.2 Å². The van der Waals surface area contributed by atoms with Crippen LogP contribution < -0.4 is 5.32 Å². The fourth-order valence-corrected chi connectivity index (χ4v) is 3.31. The highest BCUT2D eigenvalue weighted by atomic mass is 19.1. The van der Waals surface area contributed by atoms with Gasteiger partial charge >= 0.3 is 0 Å². The number of benzene rings is 1. The molecule has 0 unspecified atom stereocenters. The molecule has 4 nitrogen and oxygen atoms in total. The molecule has 0 aliphatic carbocycles. The van der Waals surface area contributed by atoms with Crippen molar-refractivity contribution in [2.24, 2.45) is 0 Å². The van der Waals surface area contributed by atoms with Gasteiger partial charge in [0.25, 0.3) is 0 Å². The van der Waals surface area contributed by atoms with Crippen LogP contribution in [-0.2, 0) is 17.9 Å². The number of nitrogens with one attached hydrogen (secondary N) is 1. The summed E-state index contributed by atoms with van der Waals surface area (Å²) in [6.07, 6.45) is 5.98. The van der Waals surface area contributed by atoms with E-state index in [9.17, 15) is 9.18 Å². The summed E-state index contributed by atoms with van der Waals surface area (Å²) in [7, 11) is 0. The number of carbonyl (C=O) groups is 1. The zero-order chi connectivity index (χ0) is 17.6. The molecule has 5 heteroatoms. The maximum Gasteiger partial charge on any atom is 0.223 e. The van der Waals surface area contributed by atoms with Crippen molar-refractivity contribution in [2.75, 3.05) is 6.54 Å². The van der Waals surface area contributed by atoms with Crippen LogP contribution in [0.15, 0.2) is 42.7 Å². The van der Waals surface area contributed by atoms with Crippen LogP contribution in [0.4, 0.5) is 4.39 Å². The summed E-state index contributed by atoms with van der Waals surface area (Å²) in [6, 6.07) is 8.96. The summed E-state index contributed by atoms with van der Waals surface area (Å²) in [5.41, 5.74) is 3.07. The van der Waals surface area contributed by atoms with Gasteiger partial charge in [0, 0.05) is 37.9 Å². The SMILES string of the molecule is Cc1ccc(F)cc1CN1C(=O)CC[C@H]1CCNCc1cccnc1. The Morgan fingerprint density at radius 3 is 3.04 bits per heavy atom. The fraction of sp³-hybridized carbons (Fsp3) is 0.400. The number of carbonyl (C=O) groups excluding carboxylic acids is 1. The Morgan fingerprint density at radius 1 is 1.36 bits per heavy atom. The van der Waals surface area contributed by atoms with E-state index in [0.29, 0.717) is 13.0 Å². The average molecular weight is 341 g/mol. The monoisotopic (exact) mass is 341 g/mol. The Labute approximate surface area is 148 Å². The molecule has 1 atom stereocenters. The van der Waals surface area contributed by atoms with Crippen molar-refractivity contribution in [3.63, 3.8) is 0 Å². The summed E-state index contributed by atoms with van der Waals surface area (Å²) < 4.78 is 13.5. The van der Waals surface area contributed by atoms with Gasteiger partial charge in [0.1, 0.15) is 5.82 Å². The van der Waals surface area contributed by atoms with Gasteiger partial charge < -0.3 is 10.2 Å². The number of hydrogen-bond donors (Lipinski definition) is 1. The van der Waals surface area contributed by atoms with Gasteiger partial charge in [-0.15, -0.1) is 0 Å². The van der Waals surface area contributed by atoms with Crippen LogP contribution >= 0.6 is 0 Å². The van der Waals surface area contributed by atoms with E-state index in [1.807, 2.05) is 30.2 Å². The first kappa shape index (κ1) is 17.5. The zero-order valence-corrected chi connectivity index (χ0v) is 14.5. The van der Waals surface area contributed by atoms with Gasteiger partial charge in [-0.05, 0) is 61.2 Å². The standard InChI is InChI=1S/C20H24FN3O/c1-15-4-5-18(21)11-17(15)14-24-19(6-7-20(24)25)8-10-23-13-16-3-2-9-22-12-16/h2-5,9,11-12,19,23H,6-8,10,13-14H2,1H3/t19-/m0/s1. The number of pyridine rings is 1. The molecule has 25 heavy (non-hydrogen) atoms. The van der Waals surface area contributed by atoms with Gasteiger partial charge in [0.05, 0.1) is 0 Å². The molecule has 0 spiro atoms. The first-order valence-electron chi connectivity index (χ1n) is 8.77. The second-order valence-corrected chi connectivity index (χ2v) is 6.61. The van der Waals surface area contributed by atoms with E-state index < -0.39 is 0 Å². The first-order valence-corrected chi connectivity index (χ1v) is 8.77. The molecule has 1 amide bonds. The third kappa shape index (κ3) is 4.63. The van der Waals surface area contributed by atoms with Gasteiger partial charge in [-0.2, -0.15) is 0 Å². The van der Waals surface area contributed by atoms with Crippen molar-refractivity contribution in [3.8, 4) is 0 Å². The second kappa shape index (κ2) is 8.21. The molecule has 1 aromatic heterocycles. The lowest BCUT2D eigenvalue weighted by Crippen LogP contribution is -2.34. The molecular weight excluding hydrogens is 317 g/mol.